The third kappa shape index (κ3) is 5.49. The molecule has 41 heavy (non-hydrogen) atoms. The Bertz CT molecular complexity index is 1680. The summed E-state index contributed by atoms with van der Waals surface area (Å²) in [5.74, 6) is 0.184. The Hall–Kier alpha value is -5.11. The van der Waals surface area contributed by atoms with Crippen LogP contribution >= 0.6 is 0 Å². The Balaban J connectivity index is 1.41. The molecule has 1 heterocycles. The van der Waals surface area contributed by atoms with Crippen LogP contribution in [0.5, 0.6) is 0 Å². The molecule has 0 unspecified atom stereocenters. The lowest BCUT2D eigenvalue weighted by atomic mass is 10.0. The average Bonchev–Trinajstić information content (AvgIpc) is 3.60. The summed E-state index contributed by atoms with van der Waals surface area (Å²) in [6, 6.07) is 33.7. The number of esters is 1. The quantitative estimate of drug-likeness (QED) is 0.110. The zero-order valence-corrected chi connectivity index (χ0v) is 22.9. The number of tetrazole rings is 1. The molecule has 1 aliphatic rings. The van der Waals surface area contributed by atoms with E-state index in [-0.39, 0.29) is 5.97 Å². The van der Waals surface area contributed by atoms with Gasteiger partial charge in [0.2, 0.25) is 0 Å². The van der Waals surface area contributed by atoms with Crippen molar-refractivity contribution in [3.63, 3.8) is 0 Å². The second-order valence-electron chi connectivity index (χ2n) is 9.87. The van der Waals surface area contributed by atoms with Gasteiger partial charge in [-0.3, -0.25) is 0 Å². The van der Waals surface area contributed by atoms with Gasteiger partial charge in [0.25, 0.3) is 5.95 Å². The van der Waals surface area contributed by atoms with E-state index in [1.54, 1.807) is 9.69 Å². The van der Waals surface area contributed by atoms with Crippen LogP contribution in [0.3, 0.4) is 0 Å². The number of para-hydroxylation sites is 1. The van der Waals surface area contributed by atoms with Crippen LogP contribution in [0.25, 0.3) is 11.1 Å². The van der Waals surface area contributed by atoms with Gasteiger partial charge >= 0.3 is 5.97 Å². The van der Waals surface area contributed by atoms with Crippen LogP contribution in [-0.2, 0) is 11.3 Å². The number of hydrogen-bond acceptors (Lipinski definition) is 7. The van der Waals surface area contributed by atoms with Crippen molar-refractivity contribution < 1.29 is 9.53 Å². The Morgan fingerprint density at radius 3 is 2.32 bits per heavy atom. The zero-order chi connectivity index (χ0) is 28.0. The Morgan fingerprint density at radius 1 is 0.829 bits per heavy atom. The third-order valence-electron chi connectivity index (χ3n) is 7.04. The van der Waals surface area contributed by atoms with Crippen molar-refractivity contribution in [3.8, 4) is 11.1 Å². The largest absolute Gasteiger partial charge is 0.462 e. The van der Waals surface area contributed by atoms with Crippen LogP contribution < -0.4 is 5.01 Å². The Morgan fingerprint density at radius 2 is 1.54 bits per heavy atom. The number of benzene rings is 4. The normalized spacial score (nSPS) is 12.7. The number of hydrazone groups is 1. The van der Waals surface area contributed by atoms with Crippen molar-refractivity contribution in [2.75, 3.05) is 11.6 Å². The molecule has 0 amide bonds. The summed E-state index contributed by atoms with van der Waals surface area (Å²) in [4.78, 5) is 12.8. The van der Waals surface area contributed by atoms with Crippen molar-refractivity contribution in [1.29, 1.82) is 0 Å². The fourth-order valence-electron chi connectivity index (χ4n) is 4.98. The fourth-order valence-corrected chi connectivity index (χ4v) is 4.98. The molecule has 0 fully saturated rings. The minimum atomic E-state index is -0.308. The van der Waals surface area contributed by atoms with Crippen LogP contribution in [0.2, 0.25) is 0 Å². The molecule has 5 aromatic rings. The monoisotopic (exact) mass is 542 g/mol. The Kier molecular flexibility index (Phi) is 7.62. The average molecular weight is 543 g/mol. The predicted octanol–water partition coefficient (Wildman–Crippen LogP) is 6.64. The number of aromatic nitrogens is 4. The summed E-state index contributed by atoms with van der Waals surface area (Å²) >= 11 is 0. The van der Waals surface area contributed by atoms with Crippen LogP contribution in [0.4, 0.5) is 11.6 Å². The van der Waals surface area contributed by atoms with E-state index in [4.69, 9.17) is 9.84 Å². The first-order chi connectivity index (χ1) is 20.2. The van der Waals surface area contributed by atoms with Gasteiger partial charge in [0.05, 0.1) is 30.1 Å². The standard InChI is InChI=1S/C33H30N6O2/c1-2-3-12-21-41-32(40)25-19-20-29-30(22-25)27-17-10-11-18-28(27)31(29)35-39(26-15-8-5-9-16-26)33-34-36-37-38(33)23-24-13-6-4-7-14-24/h4-11,13-20,22H,2-3,12,21,23H2,1H3/b35-31-. The molecule has 4 aromatic carbocycles. The summed E-state index contributed by atoms with van der Waals surface area (Å²) in [5, 5.41) is 19.6. The number of unbranched alkanes of at least 4 members (excludes halogenated alkanes) is 2. The van der Waals surface area contributed by atoms with Crippen molar-refractivity contribution >= 4 is 23.3 Å². The van der Waals surface area contributed by atoms with E-state index >= 15 is 0 Å². The fraction of sp³-hybridized carbons (Fsp3) is 0.182. The maximum Gasteiger partial charge on any atom is 0.338 e. The van der Waals surface area contributed by atoms with E-state index < -0.39 is 0 Å². The number of nitrogens with zero attached hydrogens (tertiary/aromatic N) is 6. The summed E-state index contributed by atoms with van der Waals surface area (Å²) < 4.78 is 7.28. The summed E-state index contributed by atoms with van der Waals surface area (Å²) in [6.07, 6.45) is 2.98. The molecule has 0 aliphatic heterocycles. The second kappa shape index (κ2) is 12.0. The lowest BCUT2D eigenvalue weighted by Gasteiger charge is -2.19. The Labute approximate surface area is 238 Å². The van der Waals surface area contributed by atoms with Crippen LogP contribution in [0.1, 0.15) is 53.2 Å². The molecule has 0 atom stereocenters. The van der Waals surface area contributed by atoms with Gasteiger partial charge in [-0.15, -0.1) is 0 Å². The molecule has 1 aromatic heterocycles. The van der Waals surface area contributed by atoms with Gasteiger partial charge < -0.3 is 4.74 Å². The van der Waals surface area contributed by atoms with Crippen LogP contribution in [0, 0.1) is 0 Å². The second-order valence-corrected chi connectivity index (χ2v) is 9.87. The molecule has 0 spiro atoms. The zero-order valence-electron chi connectivity index (χ0n) is 22.9. The minimum Gasteiger partial charge on any atom is -0.462 e. The lowest BCUT2D eigenvalue weighted by Crippen LogP contribution is -2.19. The molecular formula is C33H30N6O2. The van der Waals surface area contributed by atoms with Gasteiger partial charge in [-0.25, -0.2) is 9.48 Å². The van der Waals surface area contributed by atoms with Gasteiger partial charge in [0.1, 0.15) is 0 Å². The van der Waals surface area contributed by atoms with Crippen molar-refractivity contribution in [1.82, 2.24) is 20.2 Å². The molecule has 0 radical (unpaired) electrons. The molecule has 0 N–H and O–H groups in total. The van der Waals surface area contributed by atoms with Gasteiger partial charge in [0, 0.05) is 11.1 Å². The maximum atomic E-state index is 12.8. The molecule has 0 bridgehead atoms. The molecule has 8 heteroatoms. The van der Waals surface area contributed by atoms with Gasteiger partial charge in [0.15, 0.2) is 0 Å². The number of fused-ring (bicyclic) bond motifs is 3. The first kappa shape index (κ1) is 26.1. The first-order valence-corrected chi connectivity index (χ1v) is 13.9. The number of ether oxygens (including phenoxy) is 1. The molecule has 204 valence electrons. The highest BCUT2D eigenvalue weighted by Crippen LogP contribution is 2.39. The minimum absolute atomic E-state index is 0.308. The van der Waals surface area contributed by atoms with E-state index in [9.17, 15) is 4.79 Å². The molecule has 6 rings (SSSR count). The van der Waals surface area contributed by atoms with Gasteiger partial charge in [-0.05, 0) is 57.8 Å². The summed E-state index contributed by atoms with van der Waals surface area (Å²) in [5.41, 5.74) is 7.06. The first-order valence-electron chi connectivity index (χ1n) is 13.9. The molecule has 0 saturated heterocycles. The van der Waals surface area contributed by atoms with Gasteiger partial charge in [-0.2, -0.15) is 10.1 Å². The number of carbonyl (C=O) groups is 1. The van der Waals surface area contributed by atoms with Crippen molar-refractivity contribution in [2.45, 2.75) is 32.7 Å². The topological polar surface area (TPSA) is 85.5 Å². The van der Waals surface area contributed by atoms with E-state index in [1.165, 1.54) is 0 Å². The van der Waals surface area contributed by atoms with E-state index in [0.717, 1.165) is 58.5 Å². The highest BCUT2D eigenvalue weighted by Gasteiger charge is 2.28. The van der Waals surface area contributed by atoms with E-state index in [1.807, 2.05) is 97.1 Å². The number of rotatable bonds is 10. The molecule has 8 nitrogen and oxygen atoms in total. The molecule has 0 saturated carbocycles. The third-order valence-corrected chi connectivity index (χ3v) is 7.04. The highest BCUT2D eigenvalue weighted by molar-refractivity contribution is 6.25. The van der Waals surface area contributed by atoms with Crippen LogP contribution in [0.15, 0.2) is 108 Å². The predicted molar refractivity (Wildman–Crippen MR) is 159 cm³/mol. The summed E-state index contributed by atoms with van der Waals surface area (Å²) in [7, 11) is 0. The maximum absolute atomic E-state index is 12.8. The highest BCUT2D eigenvalue weighted by atomic mass is 16.5. The summed E-state index contributed by atoms with van der Waals surface area (Å²) in [6.45, 7) is 3.05. The number of hydrogen-bond donors (Lipinski definition) is 0. The van der Waals surface area contributed by atoms with E-state index in [0.29, 0.717) is 24.7 Å². The lowest BCUT2D eigenvalue weighted by molar-refractivity contribution is 0.0498. The molecule has 1 aliphatic carbocycles. The molecular weight excluding hydrogens is 512 g/mol. The van der Waals surface area contributed by atoms with Gasteiger partial charge in [-0.1, -0.05) is 104 Å². The van der Waals surface area contributed by atoms with Crippen LogP contribution in [-0.4, -0.2) is 38.5 Å². The smallest absolute Gasteiger partial charge is 0.338 e. The van der Waals surface area contributed by atoms with Crippen molar-refractivity contribution in [2.24, 2.45) is 5.10 Å². The van der Waals surface area contributed by atoms with E-state index in [2.05, 4.69) is 28.5 Å². The number of anilines is 2. The number of carbonyl (C=O) groups excluding carboxylic acids is 1. The SMILES string of the molecule is CCCCCOC(=O)c1ccc2c(c1)-c1ccccc1/C2=N/N(c1ccccc1)c1nnnn1Cc1ccccc1. The van der Waals surface area contributed by atoms with Crippen molar-refractivity contribution in [3.05, 3.63) is 125 Å².